The molecule has 0 bridgehead atoms. The fourth-order valence-corrected chi connectivity index (χ4v) is 2.84. The molecule has 1 N–H and O–H groups in total. The van der Waals surface area contributed by atoms with E-state index in [1.807, 2.05) is 42.5 Å². The first-order valence-corrected chi connectivity index (χ1v) is 7.44. The first-order valence-electron chi connectivity index (χ1n) is 6.67. The fraction of sp³-hybridized carbons (Fsp3) is 0. The van der Waals surface area contributed by atoms with Crippen LogP contribution >= 0.6 is 11.5 Å². The van der Waals surface area contributed by atoms with Gasteiger partial charge in [-0.05, 0) is 41.9 Å². The topological polar surface area (TPSA) is 67.8 Å². The number of anilines is 1. The number of amides is 1. The molecule has 2 aromatic carbocycles. The van der Waals surface area contributed by atoms with Crippen LogP contribution in [0, 0.1) is 0 Å². The van der Waals surface area contributed by atoms with E-state index in [1.165, 1.54) is 17.7 Å². The smallest absolute Gasteiger partial charge is 0.275 e. The number of aromatic nitrogens is 3. The Hall–Kier alpha value is -2.86. The van der Waals surface area contributed by atoms with Crippen LogP contribution in [0.1, 0.15) is 10.5 Å². The highest BCUT2D eigenvalue weighted by Gasteiger charge is 2.10. The lowest BCUT2D eigenvalue weighted by molar-refractivity contribution is 0.102. The molecule has 0 aliphatic rings. The third-order valence-electron chi connectivity index (χ3n) is 3.29. The zero-order chi connectivity index (χ0) is 14.9. The van der Waals surface area contributed by atoms with Gasteiger partial charge in [0.25, 0.3) is 5.91 Å². The maximum Gasteiger partial charge on any atom is 0.275 e. The van der Waals surface area contributed by atoms with E-state index in [1.54, 1.807) is 6.20 Å². The van der Waals surface area contributed by atoms with Crippen LogP contribution in [0.4, 0.5) is 5.69 Å². The van der Waals surface area contributed by atoms with Gasteiger partial charge in [-0.15, -0.1) is 0 Å². The van der Waals surface area contributed by atoms with Crippen LogP contribution in [-0.2, 0) is 0 Å². The summed E-state index contributed by atoms with van der Waals surface area (Å²) in [6.45, 7) is 0. The second-order valence-electron chi connectivity index (χ2n) is 4.78. The number of para-hydroxylation sites is 2. The minimum Gasteiger partial charge on any atom is -0.321 e. The summed E-state index contributed by atoms with van der Waals surface area (Å²) in [4.78, 5) is 20.9. The number of benzene rings is 2. The average Bonchev–Trinajstić information content (AvgIpc) is 3.02. The highest BCUT2D eigenvalue weighted by molar-refractivity contribution is 7.13. The lowest BCUT2D eigenvalue weighted by Gasteiger charge is -2.05. The normalized spacial score (nSPS) is 10.9. The van der Waals surface area contributed by atoms with Gasteiger partial charge in [0.15, 0.2) is 0 Å². The fourth-order valence-electron chi connectivity index (χ4n) is 2.21. The van der Waals surface area contributed by atoms with Crippen molar-refractivity contribution in [2.75, 3.05) is 5.32 Å². The number of nitrogens with zero attached hydrogens (tertiary/aromatic N) is 3. The third-order valence-corrected chi connectivity index (χ3v) is 4.07. The molecule has 22 heavy (non-hydrogen) atoms. The van der Waals surface area contributed by atoms with Crippen LogP contribution in [-0.4, -0.2) is 20.2 Å². The molecular weight excluding hydrogens is 296 g/mol. The minimum absolute atomic E-state index is 0.277. The molecule has 5 nitrogen and oxygen atoms in total. The van der Waals surface area contributed by atoms with E-state index in [2.05, 4.69) is 19.7 Å². The Balaban J connectivity index is 1.64. The molecule has 1 amide bonds. The molecule has 0 fully saturated rings. The molecule has 0 unspecified atom stereocenters. The van der Waals surface area contributed by atoms with Crippen LogP contribution < -0.4 is 5.32 Å². The Morgan fingerprint density at radius 3 is 2.82 bits per heavy atom. The number of carbonyl (C=O) groups is 1. The average molecular weight is 306 g/mol. The Morgan fingerprint density at radius 1 is 1.05 bits per heavy atom. The lowest BCUT2D eigenvalue weighted by Crippen LogP contribution is -2.14. The van der Waals surface area contributed by atoms with E-state index in [9.17, 15) is 4.79 Å². The molecule has 2 aromatic heterocycles. The summed E-state index contributed by atoms with van der Waals surface area (Å²) >= 11 is 1.43. The summed E-state index contributed by atoms with van der Waals surface area (Å²) in [5, 5.41) is 3.85. The lowest BCUT2D eigenvalue weighted by atomic mass is 10.2. The van der Waals surface area contributed by atoms with Crippen molar-refractivity contribution >= 4 is 44.2 Å². The monoisotopic (exact) mass is 306 g/mol. The second-order valence-corrected chi connectivity index (χ2v) is 5.61. The molecule has 4 rings (SSSR count). The predicted molar refractivity (Wildman–Crippen MR) is 87.1 cm³/mol. The molecule has 4 aromatic rings. The second kappa shape index (κ2) is 5.16. The molecule has 0 spiro atoms. The standard InChI is InChI=1S/C16H10N4OS/c21-16(14-9-17-12-3-1-2-4-13(12)20-14)19-11-5-6-15-10(7-11)8-18-22-15/h1-9H,(H,19,21). The summed E-state index contributed by atoms with van der Waals surface area (Å²) < 4.78 is 5.21. The molecule has 0 saturated carbocycles. The van der Waals surface area contributed by atoms with Crippen LogP contribution in [0.15, 0.2) is 54.9 Å². The van der Waals surface area contributed by atoms with Crippen LogP contribution in [0.2, 0.25) is 0 Å². The van der Waals surface area contributed by atoms with Crippen molar-refractivity contribution in [2.45, 2.75) is 0 Å². The minimum atomic E-state index is -0.277. The highest BCUT2D eigenvalue weighted by atomic mass is 32.1. The number of nitrogens with one attached hydrogen (secondary N) is 1. The molecule has 106 valence electrons. The van der Waals surface area contributed by atoms with Gasteiger partial charge in [0.2, 0.25) is 0 Å². The number of rotatable bonds is 2. The van der Waals surface area contributed by atoms with Crippen molar-refractivity contribution in [2.24, 2.45) is 0 Å². The van der Waals surface area contributed by atoms with Crippen molar-refractivity contribution in [3.05, 3.63) is 60.6 Å². The molecular formula is C16H10N4OS. The maximum atomic E-state index is 12.3. The highest BCUT2D eigenvalue weighted by Crippen LogP contribution is 2.22. The van der Waals surface area contributed by atoms with E-state index in [0.29, 0.717) is 16.9 Å². The van der Waals surface area contributed by atoms with Gasteiger partial charge < -0.3 is 5.32 Å². The van der Waals surface area contributed by atoms with Gasteiger partial charge in [-0.1, -0.05) is 12.1 Å². The third kappa shape index (κ3) is 2.29. The Labute approximate surface area is 129 Å². The number of hydrogen-bond acceptors (Lipinski definition) is 5. The number of fused-ring (bicyclic) bond motifs is 2. The van der Waals surface area contributed by atoms with Crippen molar-refractivity contribution in [3.63, 3.8) is 0 Å². The summed E-state index contributed by atoms with van der Waals surface area (Å²) in [7, 11) is 0. The van der Waals surface area contributed by atoms with Gasteiger partial charge >= 0.3 is 0 Å². The molecule has 6 heteroatoms. The maximum absolute atomic E-state index is 12.3. The summed E-state index contributed by atoms with van der Waals surface area (Å²) in [5.41, 5.74) is 2.48. The number of hydrogen-bond donors (Lipinski definition) is 1. The molecule has 0 radical (unpaired) electrons. The first-order chi connectivity index (χ1) is 10.8. The SMILES string of the molecule is O=C(Nc1ccc2sncc2c1)c1cnc2ccccc2n1. The number of carbonyl (C=O) groups excluding carboxylic acids is 1. The van der Waals surface area contributed by atoms with Gasteiger partial charge in [0.1, 0.15) is 5.69 Å². The van der Waals surface area contributed by atoms with Crippen molar-refractivity contribution < 1.29 is 4.79 Å². The summed E-state index contributed by atoms with van der Waals surface area (Å²) in [5.74, 6) is -0.277. The zero-order valence-electron chi connectivity index (χ0n) is 11.4. The van der Waals surface area contributed by atoms with Crippen molar-refractivity contribution in [1.29, 1.82) is 0 Å². The Bertz CT molecular complexity index is 995. The summed E-state index contributed by atoms with van der Waals surface area (Å²) in [6, 6.07) is 13.1. The first kappa shape index (κ1) is 12.8. The molecule has 0 aliphatic carbocycles. The summed E-state index contributed by atoms with van der Waals surface area (Å²) in [6.07, 6.45) is 3.27. The van der Waals surface area contributed by atoms with E-state index >= 15 is 0 Å². The van der Waals surface area contributed by atoms with Gasteiger partial charge in [-0.2, -0.15) is 4.37 Å². The van der Waals surface area contributed by atoms with Gasteiger partial charge in [0, 0.05) is 17.3 Å². The van der Waals surface area contributed by atoms with E-state index in [4.69, 9.17) is 0 Å². The molecule has 0 aliphatic heterocycles. The Morgan fingerprint density at radius 2 is 1.91 bits per heavy atom. The van der Waals surface area contributed by atoms with Gasteiger partial charge in [-0.25, -0.2) is 4.98 Å². The molecule has 0 atom stereocenters. The quantitative estimate of drug-likeness (QED) is 0.615. The largest absolute Gasteiger partial charge is 0.321 e. The predicted octanol–water partition coefficient (Wildman–Crippen LogP) is 3.49. The van der Waals surface area contributed by atoms with Crippen LogP contribution in [0.25, 0.3) is 21.1 Å². The Kier molecular flexibility index (Phi) is 3.01. The van der Waals surface area contributed by atoms with E-state index < -0.39 is 0 Å². The van der Waals surface area contributed by atoms with Crippen molar-refractivity contribution in [3.8, 4) is 0 Å². The zero-order valence-corrected chi connectivity index (χ0v) is 12.2. The molecule has 0 saturated heterocycles. The van der Waals surface area contributed by atoms with Crippen LogP contribution in [0.5, 0.6) is 0 Å². The van der Waals surface area contributed by atoms with Gasteiger partial charge in [0.05, 0.1) is 21.9 Å². The van der Waals surface area contributed by atoms with E-state index in [0.717, 1.165) is 15.6 Å². The van der Waals surface area contributed by atoms with Crippen molar-refractivity contribution in [1.82, 2.24) is 14.3 Å². The van der Waals surface area contributed by atoms with Crippen LogP contribution in [0.3, 0.4) is 0 Å². The van der Waals surface area contributed by atoms with E-state index in [-0.39, 0.29) is 5.91 Å². The van der Waals surface area contributed by atoms with Gasteiger partial charge in [-0.3, -0.25) is 9.78 Å². The molecule has 2 heterocycles.